The van der Waals surface area contributed by atoms with Crippen molar-refractivity contribution in [1.29, 1.82) is 0 Å². The van der Waals surface area contributed by atoms with Crippen LogP contribution in [0.4, 0.5) is 0 Å². The van der Waals surface area contributed by atoms with Gasteiger partial charge in [-0.25, -0.2) is 4.79 Å². The van der Waals surface area contributed by atoms with Gasteiger partial charge in [0.15, 0.2) is 0 Å². The molecule has 8 heteroatoms. The minimum atomic E-state index is -0.537. The molecule has 1 aromatic heterocycles. The third-order valence-electron chi connectivity index (χ3n) is 2.90. The van der Waals surface area contributed by atoms with Crippen LogP contribution in [0.5, 0.6) is 0 Å². The standard InChI is InChI=1S/C10H13IN2O5/c1-17-6-2-8(18-7(6)4-14)13-3-5(11)9(15)12-10(13)16/h3,6-8,14H,2,4H2,1H3,(H,12,15,16)/t6?,7-,8-/m1/s1. The SMILES string of the molecule is COC1C[C@H](n2cc(I)c(=O)[nH]c2=O)O[C@@H]1CO. The van der Waals surface area contributed by atoms with Crippen molar-refractivity contribution in [1.82, 2.24) is 9.55 Å². The summed E-state index contributed by atoms with van der Waals surface area (Å²) in [4.78, 5) is 25.2. The van der Waals surface area contributed by atoms with E-state index >= 15 is 0 Å². The summed E-state index contributed by atoms with van der Waals surface area (Å²) in [5, 5.41) is 9.15. The van der Waals surface area contributed by atoms with Gasteiger partial charge in [0.1, 0.15) is 12.3 Å². The van der Waals surface area contributed by atoms with Gasteiger partial charge in [0.2, 0.25) is 0 Å². The molecular weight excluding hydrogens is 355 g/mol. The van der Waals surface area contributed by atoms with Crippen LogP contribution in [0.25, 0.3) is 0 Å². The smallest absolute Gasteiger partial charge is 0.330 e. The maximum Gasteiger partial charge on any atom is 0.330 e. The normalized spacial score (nSPS) is 27.6. The van der Waals surface area contributed by atoms with E-state index in [4.69, 9.17) is 14.6 Å². The molecule has 2 N–H and O–H groups in total. The Hall–Kier alpha value is -0.710. The van der Waals surface area contributed by atoms with Crippen LogP contribution in [0.15, 0.2) is 15.8 Å². The number of nitrogens with zero attached hydrogens (tertiary/aromatic N) is 1. The first-order chi connectivity index (χ1) is 8.56. The van der Waals surface area contributed by atoms with Crippen LogP contribution in [-0.4, -0.2) is 40.6 Å². The van der Waals surface area contributed by atoms with Gasteiger partial charge in [-0.2, -0.15) is 0 Å². The van der Waals surface area contributed by atoms with E-state index in [1.165, 1.54) is 17.9 Å². The summed E-state index contributed by atoms with van der Waals surface area (Å²) in [7, 11) is 1.53. The van der Waals surface area contributed by atoms with E-state index in [9.17, 15) is 9.59 Å². The topological polar surface area (TPSA) is 93.6 Å². The van der Waals surface area contributed by atoms with Crippen molar-refractivity contribution < 1.29 is 14.6 Å². The second kappa shape index (κ2) is 5.51. The van der Waals surface area contributed by atoms with Crippen LogP contribution in [0.3, 0.4) is 0 Å². The quantitative estimate of drug-likeness (QED) is 0.698. The summed E-state index contributed by atoms with van der Waals surface area (Å²) >= 11 is 1.84. The number of nitrogens with one attached hydrogen (secondary N) is 1. The zero-order valence-electron chi connectivity index (χ0n) is 9.63. The molecule has 100 valence electrons. The Labute approximate surface area is 116 Å². The molecule has 0 aliphatic carbocycles. The molecule has 0 spiro atoms. The van der Waals surface area contributed by atoms with Crippen molar-refractivity contribution in [2.24, 2.45) is 0 Å². The summed E-state index contributed by atoms with van der Waals surface area (Å²) in [6, 6.07) is 0. The Morgan fingerprint density at radius 1 is 1.67 bits per heavy atom. The predicted octanol–water partition coefficient (Wildman–Crippen LogP) is -0.564. The average Bonchev–Trinajstić information content (AvgIpc) is 2.76. The first kappa shape index (κ1) is 13.7. The maximum atomic E-state index is 11.7. The van der Waals surface area contributed by atoms with Crippen molar-refractivity contribution in [2.75, 3.05) is 13.7 Å². The lowest BCUT2D eigenvalue weighted by Gasteiger charge is -2.14. The third kappa shape index (κ3) is 2.51. The molecule has 0 bridgehead atoms. The van der Waals surface area contributed by atoms with Gasteiger partial charge < -0.3 is 14.6 Å². The molecule has 2 heterocycles. The van der Waals surface area contributed by atoms with Crippen molar-refractivity contribution in [3.05, 3.63) is 30.6 Å². The number of rotatable bonds is 3. The lowest BCUT2D eigenvalue weighted by Crippen LogP contribution is -2.33. The van der Waals surface area contributed by atoms with Gasteiger partial charge >= 0.3 is 5.69 Å². The van der Waals surface area contributed by atoms with Crippen molar-refractivity contribution in [3.8, 4) is 0 Å². The second-order valence-electron chi connectivity index (χ2n) is 3.97. The number of H-pyrrole nitrogens is 1. The van der Waals surface area contributed by atoms with Gasteiger partial charge in [-0.15, -0.1) is 0 Å². The highest BCUT2D eigenvalue weighted by Crippen LogP contribution is 2.29. The number of aromatic amines is 1. The Balaban J connectivity index is 2.31. The Morgan fingerprint density at radius 3 is 2.94 bits per heavy atom. The highest BCUT2D eigenvalue weighted by molar-refractivity contribution is 14.1. The lowest BCUT2D eigenvalue weighted by molar-refractivity contribution is -0.0535. The van der Waals surface area contributed by atoms with Crippen molar-refractivity contribution >= 4 is 22.6 Å². The lowest BCUT2D eigenvalue weighted by atomic mass is 10.2. The third-order valence-corrected chi connectivity index (χ3v) is 3.67. The zero-order valence-corrected chi connectivity index (χ0v) is 11.8. The van der Waals surface area contributed by atoms with Gasteiger partial charge in [-0.1, -0.05) is 0 Å². The van der Waals surface area contributed by atoms with Crippen molar-refractivity contribution in [2.45, 2.75) is 24.9 Å². The van der Waals surface area contributed by atoms with Gasteiger partial charge in [0, 0.05) is 19.7 Å². The van der Waals surface area contributed by atoms with Crippen LogP contribution >= 0.6 is 22.6 Å². The fourth-order valence-electron chi connectivity index (χ4n) is 1.96. The van der Waals surface area contributed by atoms with Crippen LogP contribution in [0, 0.1) is 3.57 Å². The summed E-state index contributed by atoms with van der Waals surface area (Å²) in [6.07, 6.45) is 0.626. The molecule has 1 fully saturated rings. The molecule has 18 heavy (non-hydrogen) atoms. The number of aliphatic hydroxyl groups is 1. The van der Waals surface area contributed by atoms with E-state index < -0.39 is 23.6 Å². The van der Waals surface area contributed by atoms with Gasteiger partial charge in [-0.3, -0.25) is 14.3 Å². The summed E-state index contributed by atoms with van der Waals surface area (Å²) < 4.78 is 12.4. The molecule has 1 aromatic rings. The van der Waals surface area contributed by atoms with E-state index in [0.717, 1.165) is 0 Å². The second-order valence-corrected chi connectivity index (χ2v) is 5.13. The number of aliphatic hydroxyl groups excluding tert-OH is 1. The number of aromatic nitrogens is 2. The predicted molar refractivity (Wildman–Crippen MR) is 70.4 cm³/mol. The Morgan fingerprint density at radius 2 is 2.39 bits per heavy atom. The van der Waals surface area contributed by atoms with Crippen LogP contribution in [0.1, 0.15) is 12.6 Å². The number of halogens is 1. The van der Waals surface area contributed by atoms with Gasteiger partial charge in [-0.05, 0) is 22.6 Å². The van der Waals surface area contributed by atoms with E-state index in [1.54, 1.807) is 0 Å². The molecule has 3 atom stereocenters. The first-order valence-electron chi connectivity index (χ1n) is 5.37. The first-order valence-corrected chi connectivity index (χ1v) is 6.44. The fraction of sp³-hybridized carbons (Fsp3) is 0.600. The van der Waals surface area contributed by atoms with Crippen molar-refractivity contribution in [3.63, 3.8) is 0 Å². The highest BCUT2D eigenvalue weighted by Gasteiger charge is 2.36. The highest BCUT2D eigenvalue weighted by atomic mass is 127. The number of hydrogen-bond acceptors (Lipinski definition) is 5. The summed E-state index contributed by atoms with van der Waals surface area (Å²) in [5.74, 6) is 0. The zero-order chi connectivity index (χ0) is 13.3. The molecule has 1 aliphatic heterocycles. The van der Waals surface area contributed by atoms with E-state index in [0.29, 0.717) is 9.99 Å². The molecule has 0 amide bonds. The summed E-state index contributed by atoms with van der Waals surface area (Å²) in [5.41, 5.74) is -0.948. The largest absolute Gasteiger partial charge is 0.394 e. The molecule has 7 nitrogen and oxygen atoms in total. The van der Waals surface area contributed by atoms with Gasteiger partial charge in [0.05, 0.1) is 16.3 Å². The van der Waals surface area contributed by atoms with Crippen LogP contribution in [-0.2, 0) is 9.47 Å². The van der Waals surface area contributed by atoms with Crippen LogP contribution in [0.2, 0.25) is 0 Å². The molecule has 0 radical (unpaired) electrons. The minimum Gasteiger partial charge on any atom is -0.394 e. The number of ether oxygens (including phenoxy) is 2. The average molecular weight is 368 g/mol. The number of hydrogen-bond donors (Lipinski definition) is 2. The molecular formula is C10H13IN2O5. The Kier molecular flexibility index (Phi) is 4.20. The van der Waals surface area contributed by atoms with Crippen LogP contribution < -0.4 is 11.2 Å². The monoisotopic (exact) mass is 368 g/mol. The molecule has 0 aromatic carbocycles. The van der Waals surface area contributed by atoms with E-state index in [-0.39, 0.29) is 12.7 Å². The molecule has 1 unspecified atom stereocenters. The molecule has 0 saturated carbocycles. The fourth-order valence-corrected chi connectivity index (χ4v) is 2.39. The number of methoxy groups -OCH3 is 1. The molecule has 2 rings (SSSR count). The maximum absolute atomic E-state index is 11.7. The minimum absolute atomic E-state index is 0.176. The molecule has 1 saturated heterocycles. The van der Waals surface area contributed by atoms with E-state index in [1.807, 2.05) is 22.6 Å². The Bertz CT molecular complexity index is 528. The van der Waals surface area contributed by atoms with Gasteiger partial charge in [0.25, 0.3) is 5.56 Å². The van der Waals surface area contributed by atoms with E-state index in [2.05, 4.69) is 4.98 Å². The molecule has 1 aliphatic rings. The summed E-state index contributed by atoms with van der Waals surface area (Å²) in [6.45, 7) is -0.176.